The van der Waals surface area contributed by atoms with Gasteiger partial charge in [-0.1, -0.05) is 62.7 Å². The number of carbonyl (C=O) groups excluding carboxylic acids is 2. The molecule has 0 spiro atoms. The number of rotatable bonds is 15. The maximum atomic E-state index is 13.7. The molecule has 10 nitrogen and oxygen atoms in total. The van der Waals surface area contributed by atoms with Gasteiger partial charge in [-0.05, 0) is 53.3 Å². The molecule has 0 radical (unpaired) electrons. The molecular weight excluding hydrogens is 585 g/mol. The molecule has 3 aromatic carbocycles. The monoisotopic (exact) mass is 629 g/mol. The van der Waals surface area contributed by atoms with Crippen LogP contribution < -0.4 is 16.4 Å². The van der Waals surface area contributed by atoms with Crippen LogP contribution in [0.15, 0.2) is 65.6 Å². The lowest BCUT2D eigenvalue weighted by molar-refractivity contribution is -0.122. The number of amides is 3. The number of nitrogens with zero attached hydrogens (tertiary/aromatic N) is 2. The van der Waals surface area contributed by atoms with E-state index in [-0.39, 0.29) is 35.0 Å². The molecule has 0 aromatic heterocycles. The van der Waals surface area contributed by atoms with Crippen LogP contribution >= 0.6 is 0 Å². The number of carbonyl (C=O) groups is 2. The molecule has 0 aliphatic carbocycles. The molecule has 5 N–H and O–H groups in total. The zero-order valence-electron chi connectivity index (χ0n) is 25.8. The molecule has 0 saturated carbocycles. The van der Waals surface area contributed by atoms with Gasteiger partial charge in [-0.2, -0.15) is 4.31 Å². The summed E-state index contributed by atoms with van der Waals surface area (Å²) in [6, 6.07) is 15.2. The molecular formula is C32H44FN5O5S. The van der Waals surface area contributed by atoms with E-state index in [1.165, 1.54) is 15.3 Å². The van der Waals surface area contributed by atoms with Crippen molar-refractivity contribution in [2.75, 3.05) is 39.5 Å². The zero-order chi connectivity index (χ0) is 32.4. The third kappa shape index (κ3) is 9.38. The van der Waals surface area contributed by atoms with Crippen molar-refractivity contribution in [2.24, 2.45) is 5.92 Å². The molecule has 0 heterocycles. The van der Waals surface area contributed by atoms with Gasteiger partial charge in [0, 0.05) is 39.6 Å². The van der Waals surface area contributed by atoms with E-state index in [0.29, 0.717) is 32.2 Å². The molecule has 240 valence electrons. The fourth-order valence-electron chi connectivity index (χ4n) is 4.88. The first-order chi connectivity index (χ1) is 20.8. The first-order valence-corrected chi connectivity index (χ1v) is 16.2. The lowest BCUT2D eigenvalue weighted by atomic mass is 10.0. The highest BCUT2D eigenvalue weighted by molar-refractivity contribution is 7.89. The van der Waals surface area contributed by atoms with Crippen molar-refractivity contribution in [3.05, 3.63) is 72.0 Å². The largest absolute Gasteiger partial charge is 0.396 e. The van der Waals surface area contributed by atoms with E-state index in [0.717, 1.165) is 28.5 Å². The molecule has 0 aliphatic heterocycles. The smallest absolute Gasteiger partial charge is 0.317 e. The number of benzene rings is 3. The van der Waals surface area contributed by atoms with Gasteiger partial charge in [-0.25, -0.2) is 17.6 Å². The third-order valence-electron chi connectivity index (χ3n) is 7.27. The Morgan fingerprint density at radius 2 is 1.70 bits per heavy atom. The van der Waals surface area contributed by atoms with E-state index >= 15 is 0 Å². The van der Waals surface area contributed by atoms with Gasteiger partial charge in [0.1, 0.15) is 11.9 Å². The van der Waals surface area contributed by atoms with Gasteiger partial charge in [0.25, 0.3) is 0 Å². The summed E-state index contributed by atoms with van der Waals surface area (Å²) in [5.74, 6) is -1.07. The van der Waals surface area contributed by atoms with Crippen LogP contribution in [-0.2, 0) is 21.2 Å². The van der Waals surface area contributed by atoms with E-state index < -0.39 is 34.5 Å². The summed E-state index contributed by atoms with van der Waals surface area (Å²) in [5, 5.41) is 18.0. The minimum absolute atomic E-state index is 0.0344. The number of hydrogen-bond acceptors (Lipinski definition) is 6. The Morgan fingerprint density at radius 1 is 1.00 bits per heavy atom. The zero-order valence-corrected chi connectivity index (χ0v) is 26.6. The van der Waals surface area contributed by atoms with Crippen molar-refractivity contribution in [2.45, 2.75) is 56.5 Å². The van der Waals surface area contributed by atoms with Gasteiger partial charge < -0.3 is 26.4 Å². The molecule has 2 atom stereocenters. The van der Waals surface area contributed by atoms with E-state index in [1.807, 2.05) is 56.3 Å². The highest BCUT2D eigenvalue weighted by Gasteiger charge is 2.32. The second-order valence-electron chi connectivity index (χ2n) is 11.6. The van der Waals surface area contributed by atoms with Gasteiger partial charge in [-0.3, -0.25) is 4.79 Å². The average molecular weight is 630 g/mol. The van der Waals surface area contributed by atoms with Gasteiger partial charge in [0.05, 0.1) is 17.2 Å². The van der Waals surface area contributed by atoms with Gasteiger partial charge >= 0.3 is 6.03 Å². The van der Waals surface area contributed by atoms with Crippen LogP contribution in [0.5, 0.6) is 0 Å². The summed E-state index contributed by atoms with van der Waals surface area (Å²) >= 11 is 0. The Balaban J connectivity index is 1.63. The summed E-state index contributed by atoms with van der Waals surface area (Å²) in [7, 11) is -0.858. The molecule has 3 rings (SSSR count). The minimum atomic E-state index is -4.06. The van der Waals surface area contributed by atoms with Crippen molar-refractivity contribution in [3.63, 3.8) is 0 Å². The Hall–Kier alpha value is -3.74. The standard InChI is InChI=1S/C32H44FN5O5S/c1-22(2)20-38(44(42,43)27-14-15-28(33)29(34)19-27)26(21-39)11-7-8-16-35-31(40)30(36-32(41)37(3)4)18-23-12-13-24-9-5-6-10-25(24)17-23/h5-6,9-10,12-15,17,19,22,26,30,39H,7-8,11,16,18,20-21,34H2,1-4H3,(H,35,40)(H,36,41)/t26-,30-/m0/s1. The maximum absolute atomic E-state index is 13.7. The number of nitrogen functional groups attached to an aromatic ring is 1. The number of fused-ring (bicyclic) bond motifs is 1. The summed E-state index contributed by atoms with van der Waals surface area (Å²) in [4.78, 5) is 26.8. The Kier molecular flexibility index (Phi) is 12.5. The molecule has 12 heteroatoms. The Bertz CT molecular complexity index is 1530. The highest BCUT2D eigenvalue weighted by Crippen LogP contribution is 2.25. The van der Waals surface area contributed by atoms with Crippen molar-refractivity contribution >= 4 is 38.4 Å². The van der Waals surface area contributed by atoms with Crippen LogP contribution in [0.4, 0.5) is 14.9 Å². The topological polar surface area (TPSA) is 145 Å². The third-order valence-corrected chi connectivity index (χ3v) is 9.19. The molecule has 3 aromatic rings. The summed E-state index contributed by atoms with van der Waals surface area (Å²) in [6.45, 7) is 3.79. The number of hydrogen-bond donors (Lipinski definition) is 4. The van der Waals surface area contributed by atoms with Gasteiger partial charge in [-0.15, -0.1) is 0 Å². The average Bonchev–Trinajstić information content (AvgIpc) is 2.98. The first kappa shape index (κ1) is 34.7. The number of aliphatic hydroxyl groups excluding tert-OH is 1. The maximum Gasteiger partial charge on any atom is 0.317 e. The normalized spacial score (nSPS) is 13.2. The summed E-state index contributed by atoms with van der Waals surface area (Å²) in [6.07, 6.45) is 1.68. The molecule has 0 bridgehead atoms. The number of aliphatic hydroxyl groups is 1. The van der Waals surface area contributed by atoms with Crippen LogP contribution in [0.2, 0.25) is 0 Å². The minimum Gasteiger partial charge on any atom is -0.396 e. The van der Waals surface area contributed by atoms with Gasteiger partial charge in [0.2, 0.25) is 15.9 Å². The lowest BCUT2D eigenvalue weighted by Gasteiger charge is -2.31. The number of unbranched alkanes of at least 4 members (excludes halogenated alkanes) is 1. The number of anilines is 1. The SMILES string of the molecule is CC(C)CN([C@H](CO)CCCCNC(=O)[C@H](Cc1ccc2ccccc2c1)NC(=O)N(C)C)S(=O)(=O)c1ccc(F)c(N)c1. The van der Waals surface area contributed by atoms with Crippen LogP contribution in [0.3, 0.4) is 0 Å². The molecule has 0 unspecified atom stereocenters. The van der Waals surface area contributed by atoms with E-state index in [2.05, 4.69) is 10.6 Å². The summed E-state index contributed by atoms with van der Waals surface area (Å²) < 4.78 is 41.9. The van der Waals surface area contributed by atoms with Crippen LogP contribution in [0.25, 0.3) is 10.8 Å². The molecule has 0 fully saturated rings. The van der Waals surface area contributed by atoms with Crippen LogP contribution in [0, 0.1) is 11.7 Å². The van der Waals surface area contributed by atoms with Crippen molar-refractivity contribution in [3.8, 4) is 0 Å². The van der Waals surface area contributed by atoms with Crippen LogP contribution in [-0.4, -0.2) is 80.5 Å². The Labute approximate surface area is 259 Å². The van der Waals surface area contributed by atoms with Crippen molar-refractivity contribution in [1.29, 1.82) is 0 Å². The van der Waals surface area contributed by atoms with Gasteiger partial charge in [0.15, 0.2) is 0 Å². The number of urea groups is 1. The fraction of sp³-hybridized carbons (Fsp3) is 0.438. The lowest BCUT2D eigenvalue weighted by Crippen LogP contribution is -2.51. The van der Waals surface area contributed by atoms with E-state index in [4.69, 9.17) is 5.73 Å². The number of nitrogens with one attached hydrogen (secondary N) is 2. The number of sulfonamides is 1. The molecule has 44 heavy (non-hydrogen) atoms. The predicted octanol–water partition coefficient (Wildman–Crippen LogP) is 3.74. The fourth-order valence-corrected chi connectivity index (χ4v) is 6.72. The number of halogens is 1. The van der Waals surface area contributed by atoms with E-state index in [9.17, 15) is 27.5 Å². The quantitative estimate of drug-likeness (QED) is 0.149. The first-order valence-electron chi connectivity index (χ1n) is 14.7. The highest BCUT2D eigenvalue weighted by atomic mass is 32.2. The van der Waals surface area contributed by atoms with Crippen LogP contribution in [0.1, 0.15) is 38.7 Å². The second-order valence-corrected chi connectivity index (χ2v) is 13.4. The second kappa shape index (κ2) is 15.8. The summed E-state index contributed by atoms with van der Waals surface area (Å²) in [5.41, 5.74) is 6.26. The molecule has 0 saturated heterocycles. The van der Waals surface area contributed by atoms with Crippen molar-refractivity contribution < 1.29 is 27.5 Å². The van der Waals surface area contributed by atoms with Crippen molar-refractivity contribution in [1.82, 2.24) is 19.8 Å². The predicted molar refractivity (Wildman–Crippen MR) is 171 cm³/mol. The molecule has 0 aliphatic rings. The molecule has 3 amide bonds. The Morgan fingerprint density at radius 3 is 2.34 bits per heavy atom. The number of nitrogens with two attached hydrogens (primary N) is 1. The van der Waals surface area contributed by atoms with E-state index in [1.54, 1.807) is 14.1 Å².